The van der Waals surface area contributed by atoms with E-state index in [1.165, 1.54) is 0 Å². The molecule has 0 aromatic heterocycles. The summed E-state index contributed by atoms with van der Waals surface area (Å²) < 4.78 is 0.827. The predicted molar refractivity (Wildman–Crippen MR) is 75.9 cm³/mol. The lowest BCUT2D eigenvalue weighted by Gasteiger charge is -2.09. The second kappa shape index (κ2) is 4.63. The van der Waals surface area contributed by atoms with Crippen LogP contribution in [0.4, 0.5) is 5.69 Å². The number of rotatable bonds is 3. The number of carboxylic acid groups (broad SMARTS) is 1. The second-order valence-corrected chi connectivity index (χ2v) is 6.33. The molecule has 1 fully saturated rings. The van der Waals surface area contributed by atoms with Gasteiger partial charge in [0.05, 0.1) is 17.5 Å². The Labute approximate surface area is 120 Å². The fraction of sp³-hybridized carbons (Fsp3) is 0.429. The average Bonchev–Trinajstić information content (AvgIpc) is 2.88. The van der Waals surface area contributed by atoms with Crippen LogP contribution < -0.4 is 5.32 Å². The molecule has 1 amide bonds. The van der Waals surface area contributed by atoms with Crippen molar-refractivity contribution >= 4 is 33.5 Å². The van der Waals surface area contributed by atoms with Gasteiger partial charge in [-0.25, -0.2) is 0 Å². The minimum Gasteiger partial charge on any atom is -0.481 e. The van der Waals surface area contributed by atoms with Gasteiger partial charge in [0, 0.05) is 4.47 Å². The largest absolute Gasteiger partial charge is 0.481 e. The molecular formula is C14H16BrNO3. The van der Waals surface area contributed by atoms with Gasteiger partial charge >= 0.3 is 5.97 Å². The van der Waals surface area contributed by atoms with Gasteiger partial charge in [-0.15, -0.1) is 0 Å². The highest BCUT2D eigenvalue weighted by Gasteiger charge is 2.65. The third-order valence-electron chi connectivity index (χ3n) is 3.83. The van der Waals surface area contributed by atoms with Crippen molar-refractivity contribution in [1.29, 1.82) is 0 Å². The SMILES string of the molecule is Cc1cccc(NC(=O)[C@H]2[C@@H](C(=O)O)C2(C)C)c1Br. The summed E-state index contributed by atoms with van der Waals surface area (Å²) in [6.45, 7) is 5.55. The van der Waals surface area contributed by atoms with Crippen molar-refractivity contribution in [2.45, 2.75) is 20.8 Å². The first kappa shape index (κ1) is 14.1. The van der Waals surface area contributed by atoms with Crippen LogP contribution in [0.5, 0.6) is 0 Å². The highest BCUT2D eigenvalue weighted by molar-refractivity contribution is 9.10. The molecule has 1 aliphatic carbocycles. The maximum absolute atomic E-state index is 12.2. The summed E-state index contributed by atoms with van der Waals surface area (Å²) in [5, 5.41) is 11.9. The van der Waals surface area contributed by atoms with Crippen molar-refractivity contribution in [1.82, 2.24) is 0 Å². The topological polar surface area (TPSA) is 66.4 Å². The molecule has 102 valence electrons. The van der Waals surface area contributed by atoms with Gasteiger partial charge < -0.3 is 10.4 Å². The zero-order valence-corrected chi connectivity index (χ0v) is 12.6. The number of anilines is 1. The third kappa shape index (κ3) is 2.39. The molecule has 2 atom stereocenters. The van der Waals surface area contributed by atoms with E-state index in [0.717, 1.165) is 10.0 Å². The van der Waals surface area contributed by atoms with Crippen LogP contribution in [0.1, 0.15) is 19.4 Å². The van der Waals surface area contributed by atoms with Crippen molar-refractivity contribution in [3.8, 4) is 0 Å². The molecule has 0 saturated heterocycles. The molecule has 1 saturated carbocycles. The van der Waals surface area contributed by atoms with E-state index in [2.05, 4.69) is 21.2 Å². The minimum atomic E-state index is -0.909. The maximum Gasteiger partial charge on any atom is 0.307 e. The van der Waals surface area contributed by atoms with Gasteiger partial charge in [-0.2, -0.15) is 0 Å². The fourth-order valence-corrected chi connectivity index (χ4v) is 2.91. The Morgan fingerprint density at radius 2 is 1.95 bits per heavy atom. The summed E-state index contributed by atoms with van der Waals surface area (Å²) >= 11 is 3.42. The minimum absolute atomic E-state index is 0.233. The highest BCUT2D eigenvalue weighted by atomic mass is 79.9. The lowest BCUT2D eigenvalue weighted by molar-refractivity contribution is -0.140. The monoisotopic (exact) mass is 325 g/mol. The fourth-order valence-electron chi connectivity index (χ4n) is 2.54. The van der Waals surface area contributed by atoms with E-state index < -0.39 is 23.2 Å². The van der Waals surface area contributed by atoms with Gasteiger partial charge in [0.25, 0.3) is 0 Å². The zero-order chi connectivity index (χ0) is 14.4. The predicted octanol–water partition coefficient (Wildman–Crippen LogP) is 3.05. The standard InChI is InChI=1S/C14H16BrNO3/c1-7-5-4-6-8(11(7)15)16-12(17)9-10(13(18)19)14(9,2)3/h4-6,9-10H,1-3H3,(H,16,17)(H,18,19)/t9-,10+/m1/s1. The normalized spacial score (nSPS) is 23.8. The number of aryl methyl sites for hydroxylation is 1. The number of carbonyl (C=O) groups excluding carboxylic acids is 1. The van der Waals surface area contributed by atoms with E-state index in [0.29, 0.717) is 5.69 Å². The number of hydrogen-bond donors (Lipinski definition) is 2. The summed E-state index contributed by atoms with van der Waals surface area (Å²) in [6, 6.07) is 5.57. The van der Waals surface area contributed by atoms with E-state index >= 15 is 0 Å². The number of nitrogens with one attached hydrogen (secondary N) is 1. The molecule has 2 N–H and O–H groups in total. The molecule has 4 nitrogen and oxygen atoms in total. The van der Waals surface area contributed by atoms with Crippen LogP contribution in [0.15, 0.2) is 22.7 Å². The summed E-state index contributed by atoms with van der Waals surface area (Å²) in [5.74, 6) is -2.22. The van der Waals surface area contributed by atoms with Crippen molar-refractivity contribution in [3.63, 3.8) is 0 Å². The van der Waals surface area contributed by atoms with Gasteiger partial charge in [0.15, 0.2) is 0 Å². The van der Waals surface area contributed by atoms with Crippen LogP contribution in [0, 0.1) is 24.2 Å². The van der Waals surface area contributed by atoms with Crippen molar-refractivity contribution in [2.75, 3.05) is 5.32 Å². The van der Waals surface area contributed by atoms with Crippen LogP contribution in [0.3, 0.4) is 0 Å². The molecule has 0 unspecified atom stereocenters. The summed E-state index contributed by atoms with van der Waals surface area (Å²) in [5.41, 5.74) is 1.21. The number of amides is 1. The molecule has 1 aromatic carbocycles. The van der Waals surface area contributed by atoms with E-state index in [9.17, 15) is 9.59 Å². The summed E-state index contributed by atoms with van der Waals surface area (Å²) in [6.07, 6.45) is 0. The number of carboxylic acids is 1. The molecule has 1 aromatic rings. The first-order valence-electron chi connectivity index (χ1n) is 6.05. The van der Waals surface area contributed by atoms with Crippen molar-refractivity contribution in [2.24, 2.45) is 17.3 Å². The second-order valence-electron chi connectivity index (χ2n) is 5.54. The summed E-state index contributed by atoms with van der Waals surface area (Å²) in [4.78, 5) is 23.2. The molecule has 0 bridgehead atoms. The van der Waals surface area contributed by atoms with Crippen LogP contribution in [-0.2, 0) is 9.59 Å². The number of benzene rings is 1. The van der Waals surface area contributed by atoms with Gasteiger partial charge in [-0.1, -0.05) is 26.0 Å². The van der Waals surface area contributed by atoms with Gasteiger partial charge in [-0.05, 0) is 39.9 Å². The zero-order valence-electron chi connectivity index (χ0n) is 11.0. The van der Waals surface area contributed by atoms with Crippen LogP contribution in [-0.4, -0.2) is 17.0 Å². The molecule has 0 spiro atoms. The van der Waals surface area contributed by atoms with Gasteiger partial charge in [-0.3, -0.25) is 9.59 Å². The number of halogens is 1. The highest BCUT2D eigenvalue weighted by Crippen LogP contribution is 2.58. The Balaban J connectivity index is 2.15. The maximum atomic E-state index is 12.2. The lowest BCUT2D eigenvalue weighted by Crippen LogP contribution is -2.18. The Morgan fingerprint density at radius 3 is 2.47 bits per heavy atom. The Kier molecular flexibility index (Phi) is 3.43. The van der Waals surface area contributed by atoms with Crippen molar-refractivity contribution < 1.29 is 14.7 Å². The molecule has 0 heterocycles. The number of carbonyl (C=O) groups is 2. The molecule has 2 rings (SSSR count). The average molecular weight is 326 g/mol. The Morgan fingerprint density at radius 1 is 1.32 bits per heavy atom. The van der Waals surface area contributed by atoms with Crippen LogP contribution in [0.2, 0.25) is 0 Å². The van der Waals surface area contributed by atoms with Crippen LogP contribution in [0.25, 0.3) is 0 Å². The smallest absolute Gasteiger partial charge is 0.307 e. The Bertz CT molecular complexity index is 554. The van der Waals surface area contributed by atoms with E-state index in [4.69, 9.17) is 5.11 Å². The van der Waals surface area contributed by atoms with E-state index in [-0.39, 0.29) is 5.91 Å². The van der Waals surface area contributed by atoms with E-state index in [1.807, 2.05) is 19.1 Å². The lowest BCUT2D eigenvalue weighted by atomic mass is 10.1. The quantitative estimate of drug-likeness (QED) is 0.897. The Hall–Kier alpha value is -1.36. The van der Waals surface area contributed by atoms with Gasteiger partial charge in [0.2, 0.25) is 5.91 Å². The molecule has 19 heavy (non-hydrogen) atoms. The van der Waals surface area contributed by atoms with Crippen LogP contribution >= 0.6 is 15.9 Å². The van der Waals surface area contributed by atoms with Gasteiger partial charge in [0.1, 0.15) is 0 Å². The molecule has 0 radical (unpaired) electrons. The molecule has 0 aliphatic heterocycles. The first-order chi connectivity index (χ1) is 8.76. The third-order valence-corrected chi connectivity index (χ3v) is 4.88. The van der Waals surface area contributed by atoms with E-state index in [1.54, 1.807) is 19.9 Å². The number of hydrogen-bond acceptors (Lipinski definition) is 2. The number of aliphatic carboxylic acids is 1. The van der Waals surface area contributed by atoms with Crippen molar-refractivity contribution in [3.05, 3.63) is 28.2 Å². The summed E-state index contributed by atoms with van der Waals surface area (Å²) in [7, 11) is 0. The first-order valence-corrected chi connectivity index (χ1v) is 6.85. The molecular weight excluding hydrogens is 310 g/mol. The molecule has 5 heteroatoms. The molecule has 1 aliphatic rings.